The Kier molecular flexibility index (Phi) is 17.6. The number of epoxide rings is 2. The van der Waals surface area contributed by atoms with Crippen LogP contribution in [0.1, 0.15) is 135 Å². The van der Waals surface area contributed by atoms with E-state index < -0.39 is 11.7 Å². The summed E-state index contributed by atoms with van der Waals surface area (Å²) in [7, 11) is 0. The van der Waals surface area contributed by atoms with Crippen LogP contribution >= 0.6 is 0 Å². The third kappa shape index (κ3) is 10.7. The van der Waals surface area contributed by atoms with E-state index in [1.807, 2.05) is 47.6 Å². The molecule has 0 amide bonds. The van der Waals surface area contributed by atoms with E-state index in [1.165, 1.54) is 0 Å². The quantitative estimate of drug-likeness (QED) is 0.0942. The molecule has 52 heavy (non-hydrogen) atoms. The lowest BCUT2D eigenvalue weighted by Crippen LogP contribution is -2.48. The molecule has 0 saturated carbocycles. The molecule has 0 aromatic carbocycles. The Morgan fingerprint density at radius 1 is 0.808 bits per heavy atom. The first-order chi connectivity index (χ1) is 24.3. The van der Waals surface area contributed by atoms with Gasteiger partial charge in [0.15, 0.2) is 5.79 Å². The summed E-state index contributed by atoms with van der Waals surface area (Å²) < 4.78 is 17.8. The average Bonchev–Trinajstić information content (AvgIpc) is 4.00. The number of allylic oxidation sites excluding steroid dienone is 2. The Labute approximate surface area is 316 Å². The first-order valence-corrected chi connectivity index (χ1v) is 20.5. The van der Waals surface area contributed by atoms with Gasteiger partial charge in [0.1, 0.15) is 17.3 Å². The Morgan fingerprint density at radius 3 is 1.67 bits per heavy atom. The van der Waals surface area contributed by atoms with Gasteiger partial charge in [0.25, 0.3) is 0 Å². The molecule has 0 spiro atoms. The Morgan fingerprint density at radius 2 is 1.29 bits per heavy atom. The maximum absolute atomic E-state index is 13.3. The summed E-state index contributed by atoms with van der Waals surface area (Å²) in [6, 6.07) is 0. The molecule has 3 rings (SSSR count). The Bertz CT molecular complexity index is 1230. The van der Waals surface area contributed by atoms with E-state index in [2.05, 4.69) is 73.6 Å². The Hall–Kier alpha value is -1.71. The molecule has 8 heteroatoms. The van der Waals surface area contributed by atoms with Crippen molar-refractivity contribution in [2.24, 2.45) is 59.2 Å². The topological polar surface area (TPSA) is 126 Å². The molecule has 3 saturated heterocycles. The van der Waals surface area contributed by atoms with Crippen LogP contribution in [0.15, 0.2) is 24.3 Å². The maximum Gasteiger partial charge on any atom is 0.165 e. The summed E-state index contributed by atoms with van der Waals surface area (Å²) in [4.78, 5) is 38.3. The zero-order chi connectivity index (χ0) is 39.8. The Balaban J connectivity index is 0.000000360. The van der Waals surface area contributed by atoms with Crippen LogP contribution in [0.2, 0.25) is 0 Å². The molecule has 0 bridgehead atoms. The molecule has 8 nitrogen and oxygen atoms in total. The van der Waals surface area contributed by atoms with Crippen molar-refractivity contribution in [1.82, 2.24) is 0 Å². The summed E-state index contributed by atoms with van der Waals surface area (Å²) in [6.45, 7) is 28.8. The number of carbonyl (C=O) groups is 3. The molecular weight excluding hydrogens is 656 g/mol. The molecule has 3 aliphatic heterocycles. The monoisotopic (exact) mass is 733 g/mol. The van der Waals surface area contributed by atoms with Crippen molar-refractivity contribution in [1.29, 1.82) is 0 Å². The van der Waals surface area contributed by atoms with Crippen molar-refractivity contribution >= 4 is 17.3 Å². The second-order valence-corrected chi connectivity index (χ2v) is 16.9. The molecule has 15 atom stereocenters. The fourth-order valence-corrected chi connectivity index (χ4v) is 9.15. The van der Waals surface area contributed by atoms with E-state index in [9.17, 15) is 24.6 Å². The number of hydrogen-bond donors (Lipinski definition) is 2. The van der Waals surface area contributed by atoms with E-state index in [0.717, 1.165) is 6.42 Å². The largest absolute Gasteiger partial charge is 0.396 e. The molecule has 300 valence electrons. The van der Waals surface area contributed by atoms with Crippen LogP contribution in [0.4, 0.5) is 0 Å². The van der Waals surface area contributed by atoms with Gasteiger partial charge >= 0.3 is 0 Å². The second kappa shape index (κ2) is 19.7. The number of aliphatic hydroxyl groups excluding tert-OH is 1. The first kappa shape index (κ1) is 46.4. The number of aliphatic hydroxyl groups is 2. The molecular formula is C44H76O8. The summed E-state index contributed by atoms with van der Waals surface area (Å²) >= 11 is 0. The molecule has 3 fully saturated rings. The minimum Gasteiger partial charge on any atom is -0.396 e. The van der Waals surface area contributed by atoms with E-state index >= 15 is 0 Å². The van der Waals surface area contributed by atoms with Crippen LogP contribution in [0, 0.1) is 59.2 Å². The van der Waals surface area contributed by atoms with Crippen LogP contribution in [0.5, 0.6) is 0 Å². The fourth-order valence-electron chi connectivity index (χ4n) is 9.15. The van der Waals surface area contributed by atoms with E-state index in [1.54, 1.807) is 0 Å². The molecule has 3 heterocycles. The summed E-state index contributed by atoms with van der Waals surface area (Å²) in [5, 5.41) is 20.2. The van der Waals surface area contributed by atoms with Gasteiger partial charge in [-0.3, -0.25) is 14.4 Å². The highest BCUT2D eigenvalue weighted by Crippen LogP contribution is 2.52. The van der Waals surface area contributed by atoms with Gasteiger partial charge in [0.05, 0.1) is 36.6 Å². The predicted octanol–water partition coefficient (Wildman–Crippen LogP) is 8.56. The summed E-state index contributed by atoms with van der Waals surface area (Å²) in [5.74, 6) is -0.484. The highest BCUT2D eigenvalue weighted by atomic mass is 16.6. The highest BCUT2D eigenvalue weighted by molar-refractivity contribution is 5.86. The van der Waals surface area contributed by atoms with Crippen LogP contribution in [0.3, 0.4) is 0 Å². The molecule has 0 aromatic rings. The van der Waals surface area contributed by atoms with Crippen LogP contribution in [-0.2, 0) is 28.6 Å². The lowest BCUT2D eigenvalue weighted by atomic mass is 9.71. The average molecular weight is 733 g/mol. The fraction of sp³-hybridized carbons (Fsp3) is 0.841. The van der Waals surface area contributed by atoms with E-state index in [-0.39, 0.29) is 88.8 Å². The second-order valence-electron chi connectivity index (χ2n) is 16.9. The lowest BCUT2D eigenvalue weighted by molar-refractivity contribution is -0.247. The standard InChI is InChI=1S/2C22H38O4/c1-8-11-14(4)20-21(7,26-20)16(6)17(9-2)19(23)18-13-25-22(24,10-3)12-15(18)5;1-8-11-14(4)21-22(7,26-21)16(6)18(10-3)20(25)19(13-23)15(5)12-17(24)9-2/h8,11,14-18,20,24H,9-10,12-13H2,1-7H3;8,11,14-16,18-19,21,23H,9-10,12-13H2,1-7H3/b2*11-8-/t14-,15?,16-,17+,18?,20+,21+,22?;14-,15?,16-,18+,19?,21+,22+/m00/s1. The van der Waals surface area contributed by atoms with Crippen molar-refractivity contribution in [3.8, 4) is 0 Å². The number of ketones is 3. The lowest BCUT2D eigenvalue weighted by Gasteiger charge is -2.41. The maximum atomic E-state index is 13.3. The summed E-state index contributed by atoms with van der Waals surface area (Å²) in [6.07, 6.45) is 12.2. The van der Waals surface area contributed by atoms with Crippen LogP contribution < -0.4 is 0 Å². The summed E-state index contributed by atoms with van der Waals surface area (Å²) in [5.41, 5.74) is -0.546. The van der Waals surface area contributed by atoms with Gasteiger partial charge in [-0.2, -0.15) is 0 Å². The first-order valence-electron chi connectivity index (χ1n) is 20.5. The van der Waals surface area contributed by atoms with Crippen LogP contribution in [0.25, 0.3) is 0 Å². The zero-order valence-corrected chi connectivity index (χ0v) is 35.2. The number of rotatable bonds is 20. The zero-order valence-electron chi connectivity index (χ0n) is 35.2. The van der Waals surface area contributed by atoms with Crippen LogP contribution in [-0.4, -0.2) is 70.0 Å². The number of Topliss-reactive ketones (excluding diaryl/α,β-unsaturated/α-hetero) is 3. The van der Waals surface area contributed by atoms with E-state index in [0.29, 0.717) is 50.5 Å². The van der Waals surface area contributed by atoms with Gasteiger partial charge in [0.2, 0.25) is 0 Å². The van der Waals surface area contributed by atoms with E-state index in [4.69, 9.17) is 14.2 Å². The van der Waals surface area contributed by atoms with Crippen molar-refractivity contribution in [2.75, 3.05) is 13.2 Å². The predicted molar refractivity (Wildman–Crippen MR) is 209 cm³/mol. The van der Waals surface area contributed by atoms with Gasteiger partial charge in [-0.05, 0) is 70.6 Å². The van der Waals surface area contributed by atoms with Gasteiger partial charge in [-0.25, -0.2) is 0 Å². The third-order valence-electron chi connectivity index (χ3n) is 13.3. The van der Waals surface area contributed by atoms with Crippen molar-refractivity contribution < 1.29 is 38.8 Å². The number of carbonyl (C=O) groups excluding carboxylic acids is 3. The van der Waals surface area contributed by atoms with Gasteiger partial charge in [0, 0.05) is 54.8 Å². The molecule has 0 aromatic heterocycles. The molecule has 2 N–H and O–H groups in total. The van der Waals surface area contributed by atoms with Gasteiger partial charge in [-0.15, -0.1) is 0 Å². The van der Waals surface area contributed by atoms with Crippen molar-refractivity contribution in [3.63, 3.8) is 0 Å². The smallest absolute Gasteiger partial charge is 0.165 e. The molecule has 0 radical (unpaired) electrons. The van der Waals surface area contributed by atoms with Gasteiger partial charge in [-0.1, -0.05) is 93.5 Å². The molecule has 0 aliphatic carbocycles. The number of hydrogen-bond acceptors (Lipinski definition) is 8. The van der Waals surface area contributed by atoms with Gasteiger partial charge < -0.3 is 24.4 Å². The molecule has 5 unspecified atom stereocenters. The van der Waals surface area contributed by atoms with Crippen molar-refractivity contribution in [3.05, 3.63) is 24.3 Å². The third-order valence-corrected chi connectivity index (χ3v) is 13.3. The SMILES string of the molecule is C/C=C\[C@H](C)[C@H]1O[C@]1(C)[C@@H](C)[C@@H](CC)C(=O)C(CO)C(C)CC(=O)CC.C/C=C\[C@H](C)[C@H]1O[C@]1(C)[C@@H](C)[C@@H](CC)C(=O)C1COC(O)(CC)CC1C. The minimum atomic E-state index is -1.07. The normalized spacial score (nSPS) is 34.7. The number of ether oxygens (including phenoxy) is 3. The highest BCUT2D eigenvalue weighted by Gasteiger charge is 2.61. The van der Waals surface area contributed by atoms with Crippen molar-refractivity contribution in [2.45, 2.75) is 165 Å². The minimum absolute atomic E-state index is 0.0355. The molecule has 3 aliphatic rings.